The first-order valence-corrected chi connectivity index (χ1v) is 5.04. The number of fused-ring (bicyclic) bond motifs is 1. The molecule has 0 amide bonds. The van der Waals surface area contributed by atoms with Gasteiger partial charge in [0.25, 0.3) is 0 Å². The van der Waals surface area contributed by atoms with Crippen molar-refractivity contribution in [2.75, 3.05) is 0 Å². The van der Waals surface area contributed by atoms with Crippen molar-refractivity contribution in [1.82, 2.24) is 9.55 Å². The number of rotatable bonds is 0. The fourth-order valence-corrected chi connectivity index (χ4v) is 2.13. The number of imidazole rings is 1. The molecule has 1 heterocycles. The van der Waals surface area contributed by atoms with Crippen LogP contribution in [0.15, 0.2) is 6.33 Å². The molecule has 2 nitrogen and oxygen atoms in total. The SMILES string of the molecule is Cn1cnc2c1CCC(C(F)(F)F)CC2. The molecular formula is C10H13F3N2. The minimum absolute atomic E-state index is 0.174. The second-order valence-electron chi connectivity index (χ2n) is 4.06. The molecule has 0 saturated heterocycles. The van der Waals surface area contributed by atoms with Crippen molar-refractivity contribution in [2.24, 2.45) is 13.0 Å². The van der Waals surface area contributed by atoms with Crippen LogP contribution in [0.25, 0.3) is 0 Å². The van der Waals surface area contributed by atoms with Crippen LogP contribution in [0.4, 0.5) is 13.2 Å². The van der Waals surface area contributed by atoms with Crippen LogP contribution in [0.3, 0.4) is 0 Å². The summed E-state index contributed by atoms with van der Waals surface area (Å²) >= 11 is 0. The van der Waals surface area contributed by atoms with E-state index in [4.69, 9.17) is 0 Å². The van der Waals surface area contributed by atoms with Crippen LogP contribution < -0.4 is 0 Å². The summed E-state index contributed by atoms with van der Waals surface area (Å²) in [6.45, 7) is 0. The summed E-state index contributed by atoms with van der Waals surface area (Å²) < 4.78 is 39.4. The highest BCUT2D eigenvalue weighted by atomic mass is 19.4. The number of nitrogens with zero attached hydrogens (tertiary/aromatic N) is 2. The normalized spacial score (nSPS) is 22.3. The minimum atomic E-state index is -4.05. The van der Waals surface area contributed by atoms with Crippen molar-refractivity contribution in [1.29, 1.82) is 0 Å². The van der Waals surface area contributed by atoms with E-state index in [9.17, 15) is 13.2 Å². The van der Waals surface area contributed by atoms with Gasteiger partial charge in [0, 0.05) is 12.7 Å². The van der Waals surface area contributed by atoms with Gasteiger partial charge in [0.1, 0.15) is 0 Å². The van der Waals surface area contributed by atoms with E-state index in [1.54, 1.807) is 6.33 Å². The van der Waals surface area contributed by atoms with Gasteiger partial charge in [-0.2, -0.15) is 13.2 Å². The number of aryl methyl sites for hydroxylation is 2. The lowest BCUT2D eigenvalue weighted by Gasteiger charge is -2.17. The highest BCUT2D eigenvalue weighted by molar-refractivity contribution is 5.15. The van der Waals surface area contributed by atoms with Gasteiger partial charge in [0.15, 0.2) is 0 Å². The first-order valence-electron chi connectivity index (χ1n) is 5.04. The Bertz CT molecular complexity index is 354. The first-order chi connectivity index (χ1) is 6.98. The smallest absolute Gasteiger partial charge is 0.337 e. The third-order valence-corrected chi connectivity index (χ3v) is 3.07. The maximum absolute atomic E-state index is 12.5. The predicted octanol–water partition coefficient (Wildman–Crippen LogP) is 2.48. The Hall–Kier alpha value is -1.00. The van der Waals surface area contributed by atoms with Crippen molar-refractivity contribution in [3.05, 3.63) is 17.7 Å². The monoisotopic (exact) mass is 218 g/mol. The van der Waals surface area contributed by atoms with Crippen LogP contribution in [0.5, 0.6) is 0 Å². The summed E-state index contributed by atoms with van der Waals surface area (Å²) in [7, 11) is 1.83. The van der Waals surface area contributed by atoms with Gasteiger partial charge in [-0.05, 0) is 25.7 Å². The molecule has 2 rings (SSSR count). The Kier molecular flexibility index (Phi) is 2.48. The van der Waals surface area contributed by atoms with E-state index in [1.807, 2.05) is 11.6 Å². The number of hydrogen-bond donors (Lipinski definition) is 0. The molecule has 15 heavy (non-hydrogen) atoms. The van der Waals surface area contributed by atoms with Crippen LogP contribution in [0.2, 0.25) is 0 Å². The molecule has 0 saturated carbocycles. The van der Waals surface area contributed by atoms with E-state index >= 15 is 0 Å². The number of hydrogen-bond acceptors (Lipinski definition) is 1. The van der Waals surface area contributed by atoms with E-state index in [1.165, 1.54) is 0 Å². The molecule has 1 aromatic rings. The molecule has 0 radical (unpaired) electrons. The van der Waals surface area contributed by atoms with Gasteiger partial charge in [-0.3, -0.25) is 0 Å². The molecule has 5 heteroatoms. The van der Waals surface area contributed by atoms with Crippen LogP contribution in [0.1, 0.15) is 24.2 Å². The largest absolute Gasteiger partial charge is 0.391 e. The lowest BCUT2D eigenvalue weighted by molar-refractivity contribution is -0.177. The van der Waals surface area contributed by atoms with Crippen LogP contribution in [-0.2, 0) is 19.9 Å². The van der Waals surface area contributed by atoms with E-state index in [0.29, 0.717) is 12.8 Å². The maximum Gasteiger partial charge on any atom is 0.391 e. The fraction of sp³-hybridized carbons (Fsp3) is 0.700. The van der Waals surface area contributed by atoms with Crippen LogP contribution >= 0.6 is 0 Å². The van der Waals surface area contributed by atoms with E-state index in [2.05, 4.69) is 4.98 Å². The molecule has 0 aromatic carbocycles. The van der Waals surface area contributed by atoms with Crippen molar-refractivity contribution >= 4 is 0 Å². The molecule has 1 aliphatic rings. The van der Waals surface area contributed by atoms with E-state index in [-0.39, 0.29) is 12.8 Å². The fourth-order valence-electron chi connectivity index (χ4n) is 2.13. The molecule has 1 aliphatic carbocycles. The van der Waals surface area contributed by atoms with Gasteiger partial charge in [0.2, 0.25) is 0 Å². The van der Waals surface area contributed by atoms with Crippen molar-refractivity contribution < 1.29 is 13.2 Å². The Labute approximate surface area is 86.1 Å². The van der Waals surface area contributed by atoms with Crippen molar-refractivity contribution in [3.8, 4) is 0 Å². The molecule has 0 spiro atoms. The zero-order chi connectivity index (χ0) is 11.1. The number of alkyl halides is 3. The topological polar surface area (TPSA) is 17.8 Å². The summed E-state index contributed by atoms with van der Waals surface area (Å²) in [5.41, 5.74) is 1.80. The van der Waals surface area contributed by atoms with Gasteiger partial charge in [0.05, 0.1) is 17.9 Å². The molecule has 1 aromatic heterocycles. The zero-order valence-electron chi connectivity index (χ0n) is 8.51. The van der Waals surface area contributed by atoms with E-state index in [0.717, 1.165) is 11.4 Å². The molecule has 0 N–H and O–H groups in total. The van der Waals surface area contributed by atoms with Gasteiger partial charge in [-0.25, -0.2) is 4.98 Å². The Morgan fingerprint density at radius 1 is 1.33 bits per heavy atom. The number of halogens is 3. The Balaban J connectivity index is 2.16. The minimum Gasteiger partial charge on any atom is -0.337 e. The van der Waals surface area contributed by atoms with Crippen molar-refractivity contribution in [3.63, 3.8) is 0 Å². The summed E-state index contributed by atoms with van der Waals surface area (Å²) in [6, 6.07) is 0. The highest BCUT2D eigenvalue weighted by Crippen LogP contribution is 2.35. The average Bonchev–Trinajstić information content (AvgIpc) is 2.36. The molecule has 0 fully saturated rings. The highest BCUT2D eigenvalue weighted by Gasteiger charge is 2.40. The maximum atomic E-state index is 12.5. The Morgan fingerprint density at radius 3 is 2.67 bits per heavy atom. The standard InChI is InChI=1S/C10H13F3N2/c1-15-6-14-8-4-2-7(10(11,12)13)3-5-9(8)15/h6-7H,2-5H2,1H3. The Morgan fingerprint density at radius 2 is 2.00 bits per heavy atom. The van der Waals surface area contributed by atoms with E-state index < -0.39 is 12.1 Å². The molecule has 0 aliphatic heterocycles. The lowest BCUT2D eigenvalue weighted by atomic mass is 10.00. The second kappa shape index (κ2) is 3.54. The van der Waals surface area contributed by atoms with Crippen molar-refractivity contribution in [2.45, 2.75) is 31.9 Å². The van der Waals surface area contributed by atoms with Gasteiger partial charge >= 0.3 is 6.18 Å². The van der Waals surface area contributed by atoms with Crippen LogP contribution in [0, 0.1) is 5.92 Å². The van der Waals surface area contributed by atoms with Crippen LogP contribution in [-0.4, -0.2) is 15.7 Å². The second-order valence-corrected chi connectivity index (χ2v) is 4.06. The zero-order valence-corrected chi connectivity index (χ0v) is 8.51. The third kappa shape index (κ3) is 2.01. The molecule has 1 atom stereocenters. The third-order valence-electron chi connectivity index (χ3n) is 3.07. The quantitative estimate of drug-likeness (QED) is 0.612. The first kappa shape index (κ1) is 10.5. The number of aromatic nitrogens is 2. The molecule has 0 bridgehead atoms. The lowest BCUT2D eigenvalue weighted by Crippen LogP contribution is -2.23. The average molecular weight is 218 g/mol. The molecule has 84 valence electrons. The summed E-state index contributed by atoms with van der Waals surface area (Å²) in [5, 5.41) is 0. The summed E-state index contributed by atoms with van der Waals surface area (Å²) in [4.78, 5) is 4.13. The molecule has 1 unspecified atom stereocenters. The van der Waals surface area contributed by atoms with Gasteiger partial charge in [-0.15, -0.1) is 0 Å². The summed E-state index contributed by atoms with van der Waals surface area (Å²) in [5.74, 6) is -1.16. The van der Waals surface area contributed by atoms with Gasteiger partial charge in [-0.1, -0.05) is 0 Å². The summed E-state index contributed by atoms with van der Waals surface area (Å²) in [6.07, 6.45) is -1.08. The van der Waals surface area contributed by atoms with Gasteiger partial charge < -0.3 is 4.57 Å². The predicted molar refractivity (Wildman–Crippen MR) is 49.4 cm³/mol. The molecular weight excluding hydrogens is 205 g/mol.